The number of hydrogen-bond donors (Lipinski definition) is 0. The first-order chi connectivity index (χ1) is 7.36. The molecule has 0 bridgehead atoms. The molecule has 0 fully saturated rings. The summed E-state index contributed by atoms with van der Waals surface area (Å²) in [5, 5.41) is 0. The van der Waals surface area contributed by atoms with E-state index in [1.165, 1.54) is 37.7 Å². The lowest BCUT2D eigenvalue weighted by Crippen LogP contribution is -2.32. The fourth-order valence-electron chi connectivity index (χ4n) is 1.65. The van der Waals surface area contributed by atoms with Crippen molar-refractivity contribution in [1.82, 2.24) is 0 Å². The first-order valence-corrected chi connectivity index (χ1v) is 5.98. The van der Waals surface area contributed by atoms with Gasteiger partial charge in [-0.3, -0.25) is 0 Å². The number of hydrogen-bond acceptors (Lipinski definition) is 0. The van der Waals surface area contributed by atoms with Crippen molar-refractivity contribution in [2.75, 3.05) is 0 Å². The molecule has 1 aromatic heterocycles. The van der Waals surface area contributed by atoms with E-state index >= 15 is 0 Å². The zero-order valence-electron chi connectivity index (χ0n) is 9.78. The minimum Gasteiger partial charge on any atom is -0.205 e. The molecule has 1 nitrogen and oxygen atoms in total. The van der Waals surface area contributed by atoms with Gasteiger partial charge >= 0.3 is 0 Å². The summed E-state index contributed by atoms with van der Waals surface area (Å²) < 4.78 is 2.25. The molecule has 1 rings (SSSR count). The summed E-state index contributed by atoms with van der Waals surface area (Å²) in [5.74, 6) is 0. The molecule has 0 atom stereocenters. The Labute approximate surface area is 93.5 Å². The molecule has 82 valence electrons. The molecule has 0 aromatic carbocycles. The van der Waals surface area contributed by atoms with Crippen LogP contribution < -0.4 is 4.57 Å². The van der Waals surface area contributed by atoms with E-state index in [-0.39, 0.29) is 0 Å². The molecule has 15 heavy (non-hydrogen) atoms. The predicted molar refractivity (Wildman–Crippen MR) is 65.5 cm³/mol. The number of nitrogens with zero attached hydrogens (tertiary/aromatic N) is 1. The third-order valence-electron chi connectivity index (χ3n) is 2.67. The molecule has 0 saturated heterocycles. The van der Waals surface area contributed by atoms with Gasteiger partial charge in [0.25, 0.3) is 0 Å². The predicted octanol–water partition coefficient (Wildman–Crippen LogP) is 3.59. The fraction of sp³-hybridized carbons (Fsp3) is 0.500. The number of rotatable bonds is 7. The second-order valence-corrected chi connectivity index (χ2v) is 3.99. The van der Waals surface area contributed by atoms with Crippen molar-refractivity contribution >= 4 is 6.08 Å². The molecule has 0 unspecified atom stereocenters. The van der Waals surface area contributed by atoms with Crippen LogP contribution >= 0.6 is 0 Å². The summed E-state index contributed by atoms with van der Waals surface area (Å²) in [4.78, 5) is 0. The molecule has 0 amide bonds. The molecule has 0 spiro atoms. The zero-order valence-corrected chi connectivity index (χ0v) is 9.78. The molecule has 1 heteroatoms. The van der Waals surface area contributed by atoms with Crippen molar-refractivity contribution in [3.05, 3.63) is 36.7 Å². The summed E-state index contributed by atoms with van der Waals surface area (Å²) >= 11 is 0. The van der Waals surface area contributed by atoms with E-state index in [1.807, 2.05) is 6.08 Å². The van der Waals surface area contributed by atoms with Crippen LogP contribution in [0.2, 0.25) is 0 Å². The Morgan fingerprint density at radius 2 is 1.80 bits per heavy atom. The van der Waals surface area contributed by atoms with Gasteiger partial charge < -0.3 is 0 Å². The average Bonchev–Trinajstić information content (AvgIpc) is 2.30. The van der Waals surface area contributed by atoms with Crippen LogP contribution in [-0.2, 0) is 6.54 Å². The van der Waals surface area contributed by atoms with Crippen LogP contribution in [0.15, 0.2) is 31.1 Å². The van der Waals surface area contributed by atoms with Crippen molar-refractivity contribution < 1.29 is 4.57 Å². The van der Waals surface area contributed by atoms with Gasteiger partial charge in [0.05, 0.1) is 0 Å². The normalized spacial score (nSPS) is 10.2. The average molecular weight is 204 g/mol. The Balaban J connectivity index is 2.22. The lowest BCUT2D eigenvalue weighted by molar-refractivity contribution is -0.697. The second-order valence-electron chi connectivity index (χ2n) is 3.99. The van der Waals surface area contributed by atoms with Gasteiger partial charge in [0.15, 0.2) is 12.4 Å². The van der Waals surface area contributed by atoms with Gasteiger partial charge in [0.1, 0.15) is 6.54 Å². The quantitative estimate of drug-likeness (QED) is 0.472. The third-order valence-corrected chi connectivity index (χ3v) is 2.67. The molecule has 0 saturated carbocycles. The Morgan fingerprint density at radius 1 is 1.13 bits per heavy atom. The smallest absolute Gasteiger partial charge is 0.169 e. The van der Waals surface area contributed by atoms with Crippen LogP contribution in [0.3, 0.4) is 0 Å². The topological polar surface area (TPSA) is 3.88 Å². The van der Waals surface area contributed by atoms with Gasteiger partial charge in [-0.2, -0.15) is 0 Å². The lowest BCUT2D eigenvalue weighted by Gasteiger charge is -1.98. The maximum atomic E-state index is 3.75. The number of aromatic nitrogens is 1. The third kappa shape index (κ3) is 4.78. The molecular weight excluding hydrogens is 182 g/mol. The molecule has 0 radical (unpaired) electrons. The van der Waals surface area contributed by atoms with Crippen molar-refractivity contribution in [1.29, 1.82) is 0 Å². The molecule has 1 aromatic rings. The van der Waals surface area contributed by atoms with Crippen molar-refractivity contribution in [2.24, 2.45) is 0 Å². The van der Waals surface area contributed by atoms with Crippen molar-refractivity contribution in [3.8, 4) is 0 Å². The van der Waals surface area contributed by atoms with Crippen LogP contribution in [0, 0.1) is 0 Å². The van der Waals surface area contributed by atoms with E-state index in [2.05, 4.69) is 42.6 Å². The molecule has 0 aliphatic rings. The fourth-order valence-corrected chi connectivity index (χ4v) is 1.65. The summed E-state index contributed by atoms with van der Waals surface area (Å²) in [7, 11) is 0. The molecular formula is C14H22N+. The highest BCUT2D eigenvalue weighted by Crippen LogP contribution is 2.02. The minimum absolute atomic E-state index is 1.14. The molecule has 1 heterocycles. The first kappa shape index (κ1) is 12.0. The Morgan fingerprint density at radius 3 is 2.40 bits per heavy atom. The number of aryl methyl sites for hydroxylation is 1. The van der Waals surface area contributed by atoms with Crippen molar-refractivity contribution in [3.63, 3.8) is 0 Å². The summed E-state index contributed by atoms with van der Waals surface area (Å²) in [6, 6.07) is 4.22. The first-order valence-electron chi connectivity index (χ1n) is 5.98. The van der Waals surface area contributed by atoms with E-state index in [0.717, 1.165) is 6.54 Å². The van der Waals surface area contributed by atoms with E-state index in [0.29, 0.717) is 0 Å². The van der Waals surface area contributed by atoms with E-state index in [1.54, 1.807) is 0 Å². The summed E-state index contributed by atoms with van der Waals surface area (Å²) in [6.45, 7) is 7.14. The van der Waals surface area contributed by atoms with Gasteiger partial charge in [-0.15, -0.1) is 0 Å². The molecule has 0 aliphatic heterocycles. The Bertz CT molecular complexity index is 274. The van der Waals surface area contributed by atoms with Crippen LogP contribution in [0.25, 0.3) is 6.08 Å². The molecule has 0 N–H and O–H groups in total. The Kier molecular flexibility index (Phi) is 5.76. The zero-order chi connectivity index (χ0) is 10.9. The monoisotopic (exact) mass is 204 g/mol. The van der Waals surface area contributed by atoms with Gasteiger partial charge in [0.2, 0.25) is 0 Å². The number of pyridine rings is 1. The van der Waals surface area contributed by atoms with E-state index in [9.17, 15) is 0 Å². The van der Waals surface area contributed by atoms with Crippen molar-refractivity contribution in [2.45, 2.75) is 45.6 Å². The highest BCUT2D eigenvalue weighted by atomic mass is 14.9. The Hall–Kier alpha value is -1.11. The van der Waals surface area contributed by atoms with Crippen LogP contribution in [-0.4, -0.2) is 0 Å². The second kappa shape index (κ2) is 7.22. The highest BCUT2D eigenvalue weighted by Gasteiger charge is 1.98. The minimum atomic E-state index is 1.14. The van der Waals surface area contributed by atoms with Gasteiger partial charge in [0, 0.05) is 18.6 Å². The maximum absolute atomic E-state index is 3.75. The SMILES string of the molecule is C=Cc1cc[n+](CCCCCCC)cc1. The van der Waals surface area contributed by atoms with Crippen LogP contribution in [0.4, 0.5) is 0 Å². The van der Waals surface area contributed by atoms with Crippen LogP contribution in [0.1, 0.15) is 44.6 Å². The lowest BCUT2D eigenvalue weighted by atomic mass is 10.1. The van der Waals surface area contributed by atoms with Crippen LogP contribution in [0.5, 0.6) is 0 Å². The van der Waals surface area contributed by atoms with Gasteiger partial charge in [-0.1, -0.05) is 38.8 Å². The summed E-state index contributed by atoms with van der Waals surface area (Å²) in [5.41, 5.74) is 1.19. The largest absolute Gasteiger partial charge is 0.205 e. The maximum Gasteiger partial charge on any atom is 0.169 e. The standard InChI is InChI=1S/C14H22N/c1-3-5-6-7-8-11-15-12-9-14(4-2)10-13-15/h4,9-10,12-13H,2-3,5-8,11H2,1H3/q+1. The van der Waals surface area contributed by atoms with E-state index in [4.69, 9.17) is 0 Å². The summed E-state index contributed by atoms with van der Waals surface area (Å²) in [6.07, 6.45) is 12.9. The van der Waals surface area contributed by atoms with E-state index < -0.39 is 0 Å². The van der Waals surface area contributed by atoms with Gasteiger partial charge in [-0.25, -0.2) is 4.57 Å². The van der Waals surface area contributed by atoms with Gasteiger partial charge in [-0.05, 0) is 12.0 Å². The number of unbranched alkanes of at least 4 members (excludes halogenated alkanes) is 4. The highest BCUT2D eigenvalue weighted by molar-refractivity contribution is 5.44. The molecule has 0 aliphatic carbocycles.